The molecule has 5 heteroatoms. The molecular formula is C6H12N2O3. The molecule has 0 aromatic heterocycles. The van der Waals surface area contributed by atoms with Crippen LogP contribution in [0.2, 0.25) is 0 Å². The van der Waals surface area contributed by atoms with Crippen LogP contribution in [0.1, 0.15) is 13.3 Å². The minimum atomic E-state index is -1.10. The predicted octanol–water partition coefficient (Wildman–Crippen LogP) is -0.220. The number of carbonyl (C=O) groups is 2. The fourth-order valence-electron chi connectivity index (χ4n) is 0.569. The van der Waals surface area contributed by atoms with Gasteiger partial charge in [0.25, 0.3) is 0 Å². The molecule has 0 spiro atoms. The van der Waals surface area contributed by atoms with Crippen LogP contribution in [-0.2, 0) is 4.79 Å². The van der Waals surface area contributed by atoms with Crippen LogP contribution in [0.25, 0.3) is 0 Å². The van der Waals surface area contributed by atoms with E-state index in [1.807, 2.05) is 6.92 Å². The summed E-state index contributed by atoms with van der Waals surface area (Å²) in [5.74, 6) is -0.138. The van der Waals surface area contributed by atoms with Crippen molar-refractivity contribution < 1.29 is 14.7 Å². The van der Waals surface area contributed by atoms with Crippen LogP contribution >= 0.6 is 0 Å². The van der Waals surface area contributed by atoms with E-state index in [1.54, 1.807) is 0 Å². The molecule has 64 valence electrons. The van der Waals surface area contributed by atoms with Crippen LogP contribution in [0.4, 0.5) is 4.79 Å². The van der Waals surface area contributed by atoms with Gasteiger partial charge in [-0.2, -0.15) is 0 Å². The fraction of sp³-hybridized carbons (Fsp3) is 0.667. The molecule has 11 heavy (non-hydrogen) atoms. The third kappa shape index (κ3) is 6.63. The van der Waals surface area contributed by atoms with Gasteiger partial charge in [-0.15, -0.1) is 0 Å². The number of hydrogen-bond donors (Lipinski definition) is 3. The van der Waals surface area contributed by atoms with Gasteiger partial charge in [-0.05, 0) is 6.92 Å². The normalized spacial score (nSPS) is 8.82. The van der Waals surface area contributed by atoms with Crippen molar-refractivity contribution >= 4 is 12.0 Å². The van der Waals surface area contributed by atoms with E-state index in [0.29, 0.717) is 6.54 Å². The summed E-state index contributed by atoms with van der Waals surface area (Å²) in [6.07, 6.45) is -0.908. The summed E-state index contributed by atoms with van der Waals surface area (Å²) in [4.78, 5) is 20.6. The molecule has 0 fully saturated rings. The molecule has 0 saturated carbocycles. The SMILES string of the molecule is CCNC(=O)CCNC(=O)O. The van der Waals surface area contributed by atoms with Gasteiger partial charge in [0.15, 0.2) is 0 Å². The maximum atomic E-state index is 10.7. The molecule has 0 aliphatic heterocycles. The highest BCUT2D eigenvalue weighted by atomic mass is 16.4. The molecule has 3 N–H and O–H groups in total. The summed E-state index contributed by atoms with van der Waals surface area (Å²) in [5.41, 5.74) is 0. The molecule has 0 aromatic rings. The minimum Gasteiger partial charge on any atom is -0.465 e. The molecule has 0 heterocycles. The molecule has 2 amide bonds. The zero-order valence-corrected chi connectivity index (χ0v) is 6.39. The summed E-state index contributed by atoms with van der Waals surface area (Å²) >= 11 is 0. The Morgan fingerprint density at radius 1 is 1.36 bits per heavy atom. The van der Waals surface area contributed by atoms with Crippen molar-refractivity contribution in [3.05, 3.63) is 0 Å². The van der Waals surface area contributed by atoms with Crippen LogP contribution in [-0.4, -0.2) is 30.2 Å². The maximum Gasteiger partial charge on any atom is 0.404 e. The molecule has 0 aliphatic rings. The molecule has 0 radical (unpaired) electrons. The first-order valence-corrected chi connectivity index (χ1v) is 3.40. The third-order valence-electron chi connectivity index (χ3n) is 1.00. The van der Waals surface area contributed by atoms with Crippen molar-refractivity contribution in [3.8, 4) is 0 Å². The Morgan fingerprint density at radius 3 is 2.45 bits per heavy atom. The Bertz CT molecular complexity index is 147. The van der Waals surface area contributed by atoms with E-state index in [0.717, 1.165) is 0 Å². The van der Waals surface area contributed by atoms with Gasteiger partial charge in [0.05, 0.1) is 0 Å². The molecule has 0 saturated heterocycles. The molecule has 5 nitrogen and oxygen atoms in total. The summed E-state index contributed by atoms with van der Waals surface area (Å²) in [5, 5.41) is 12.8. The number of nitrogens with one attached hydrogen (secondary N) is 2. The Kier molecular flexibility index (Phi) is 4.89. The van der Waals surface area contributed by atoms with Gasteiger partial charge in [-0.3, -0.25) is 4.79 Å². The van der Waals surface area contributed by atoms with E-state index in [-0.39, 0.29) is 18.9 Å². The molecule has 0 rings (SSSR count). The van der Waals surface area contributed by atoms with Gasteiger partial charge in [-0.1, -0.05) is 0 Å². The van der Waals surface area contributed by atoms with Crippen LogP contribution in [0.5, 0.6) is 0 Å². The van der Waals surface area contributed by atoms with Crippen molar-refractivity contribution in [2.45, 2.75) is 13.3 Å². The molecular weight excluding hydrogens is 148 g/mol. The van der Waals surface area contributed by atoms with E-state index in [9.17, 15) is 9.59 Å². The summed E-state index contributed by atoms with van der Waals surface area (Å²) in [6.45, 7) is 2.55. The van der Waals surface area contributed by atoms with Gasteiger partial charge in [-0.25, -0.2) is 4.79 Å². The Labute approximate surface area is 64.8 Å². The topological polar surface area (TPSA) is 78.4 Å². The quantitative estimate of drug-likeness (QED) is 0.532. The Hall–Kier alpha value is -1.26. The van der Waals surface area contributed by atoms with Crippen molar-refractivity contribution in [2.24, 2.45) is 0 Å². The third-order valence-corrected chi connectivity index (χ3v) is 1.00. The van der Waals surface area contributed by atoms with E-state index < -0.39 is 6.09 Å². The predicted molar refractivity (Wildman–Crippen MR) is 39.3 cm³/mol. The average Bonchev–Trinajstić information content (AvgIpc) is 1.87. The molecule has 0 aromatic carbocycles. The molecule has 0 aliphatic carbocycles. The summed E-state index contributed by atoms with van der Waals surface area (Å²) < 4.78 is 0. The summed E-state index contributed by atoms with van der Waals surface area (Å²) in [6, 6.07) is 0. The maximum absolute atomic E-state index is 10.7. The van der Waals surface area contributed by atoms with Crippen molar-refractivity contribution in [1.82, 2.24) is 10.6 Å². The van der Waals surface area contributed by atoms with Crippen LogP contribution in [0.15, 0.2) is 0 Å². The van der Waals surface area contributed by atoms with Crippen LogP contribution in [0, 0.1) is 0 Å². The zero-order chi connectivity index (χ0) is 8.69. The number of amides is 2. The lowest BCUT2D eigenvalue weighted by Gasteiger charge is -2.00. The number of hydrogen-bond acceptors (Lipinski definition) is 2. The number of carbonyl (C=O) groups excluding carboxylic acids is 1. The van der Waals surface area contributed by atoms with Gasteiger partial charge >= 0.3 is 6.09 Å². The van der Waals surface area contributed by atoms with E-state index in [2.05, 4.69) is 10.6 Å². The Morgan fingerprint density at radius 2 is 2.00 bits per heavy atom. The van der Waals surface area contributed by atoms with E-state index >= 15 is 0 Å². The Balaban J connectivity index is 3.24. The van der Waals surface area contributed by atoms with Crippen molar-refractivity contribution in [3.63, 3.8) is 0 Å². The smallest absolute Gasteiger partial charge is 0.404 e. The second-order valence-electron chi connectivity index (χ2n) is 1.94. The van der Waals surface area contributed by atoms with Gasteiger partial charge < -0.3 is 15.7 Å². The highest BCUT2D eigenvalue weighted by Crippen LogP contribution is 1.75. The lowest BCUT2D eigenvalue weighted by Crippen LogP contribution is -2.29. The first-order valence-electron chi connectivity index (χ1n) is 3.40. The lowest BCUT2D eigenvalue weighted by atomic mass is 10.4. The van der Waals surface area contributed by atoms with Crippen molar-refractivity contribution in [2.75, 3.05) is 13.1 Å². The monoisotopic (exact) mass is 160 g/mol. The fourth-order valence-corrected chi connectivity index (χ4v) is 0.569. The number of rotatable bonds is 4. The first-order chi connectivity index (χ1) is 5.16. The van der Waals surface area contributed by atoms with E-state index in [4.69, 9.17) is 5.11 Å². The van der Waals surface area contributed by atoms with Gasteiger partial charge in [0, 0.05) is 19.5 Å². The highest BCUT2D eigenvalue weighted by molar-refractivity contribution is 5.76. The average molecular weight is 160 g/mol. The zero-order valence-electron chi connectivity index (χ0n) is 6.39. The first kappa shape index (κ1) is 9.74. The second-order valence-corrected chi connectivity index (χ2v) is 1.94. The largest absolute Gasteiger partial charge is 0.465 e. The standard InChI is InChI=1S/C6H12N2O3/c1-2-7-5(9)3-4-8-6(10)11/h8H,2-4H2,1H3,(H,7,9)(H,10,11). The van der Waals surface area contributed by atoms with Crippen LogP contribution < -0.4 is 10.6 Å². The van der Waals surface area contributed by atoms with Gasteiger partial charge in [0.2, 0.25) is 5.91 Å². The molecule has 0 atom stereocenters. The number of carboxylic acid groups (broad SMARTS) is 1. The summed E-state index contributed by atoms with van der Waals surface area (Å²) in [7, 11) is 0. The van der Waals surface area contributed by atoms with Crippen LogP contribution in [0.3, 0.4) is 0 Å². The second kappa shape index (κ2) is 5.52. The highest BCUT2D eigenvalue weighted by Gasteiger charge is 1.99. The molecule has 0 unspecified atom stereocenters. The lowest BCUT2D eigenvalue weighted by molar-refractivity contribution is -0.120. The minimum absolute atomic E-state index is 0.138. The van der Waals surface area contributed by atoms with E-state index in [1.165, 1.54) is 0 Å². The van der Waals surface area contributed by atoms with Gasteiger partial charge in [0.1, 0.15) is 0 Å². The molecule has 0 bridgehead atoms. The van der Waals surface area contributed by atoms with Crippen molar-refractivity contribution in [1.29, 1.82) is 0 Å².